The van der Waals surface area contributed by atoms with Crippen LogP contribution in [0.3, 0.4) is 0 Å². The Morgan fingerprint density at radius 3 is 2.19 bits per heavy atom. The van der Waals surface area contributed by atoms with Crippen molar-refractivity contribution in [1.82, 2.24) is 5.32 Å². The number of carbonyl (C=O) groups is 1. The van der Waals surface area contributed by atoms with Crippen LogP contribution in [0.15, 0.2) is 12.2 Å². The molecule has 7 heteroatoms. The lowest BCUT2D eigenvalue weighted by Gasteiger charge is -1.99. The maximum Gasteiger partial charge on any atom is 0.264 e. The third-order valence-corrected chi connectivity index (χ3v) is 2.20. The van der Waals surface area contributed by atoms with Crippen molar-refractivity contribution in [2.75, 3.05) is 18.8 Å². The summed E-state index contributed by atoms with van der Waals surface area (Å²) in [4.78, 5) is 10.6. The molecule has 0 bridgehead atoms. The van der Waals surface area contributed by atoms with Crippen LogP contribution in [0.4, 0.5) is 0 Å². The average Bonchev–Trinajstić information content (AvgIpc) is 2.13. The number of rotatable bonds is 5. The smallest absolute Gasteiger partial charge is 0.264 e. The molecular weight excluding hydrogens is 232 g/mol. The molecule has 0 radical (unpaired) electrons. The van der Waals surface area contributed by atoms with Gasteiger partial charge in [-0.15, -0.1) is 0 Å². The lowest BCUT2D eigenvalue weighted by Crippen LogP contribution is -2.29. The highest BCUT2D eigenvalue weighted by molar-refractivity contribution is 7.85. The highest BCUT2D eigenvalue weighted by Crippen LogP contribution is 1.84. The second kappa shape index (κ2) is 9.32. The minimum Gasteiger partial charge on any atom is -0.351 e. The van der Waals surface area contributed by atoms with Gasteiger partial charge in [-0.25, -0.2) is 0 Å². The average molecular weight is 252 g/mol. The van der Waals surface area contributed by atoms with Gasteiger partial charge in [0.05, 0.1) is 5.75 Å². The lowest BCUT2D eigenvalue weighted by atomic mass is 10.3. The van der Waals surface area contributed by atoms with Gasteiger partial charge in [-0.1, -0.05) is 13.5 Å². The van der Waals surface area contributed by atoms with E-state index >= 15 is 0 Å². The van der Waals surface area contributed by atoms with Crippen molar-refractivity contribution in [3.8, 4) is 0 Å². The standard InChI is InChI=1S/C6H12N2O.C3H8O3S/c1-5(2)6(9)8-4-3-7;1-2-3-7(4,5)6/h1,3-4,7H2,2H3,(H,8,9);2-3H2,1H3,(H,4,5,6). The van der Waals surface area contributed by atoms with Gasteiger partial charge in [0.15, 0.2) is 0 Å². The summed E-state index contributed by atoms with van der Waals surface area (Å²) in [5.74, 6) is -0.257. The molecule has 0 spiro atoms. The Morgan fingerprint density at radius 2 is 2.00 bits per heavy atom. The topological polar surface area (TPSA) is 109 Å². The monoisotopic (exact) mass is 252 g/mol. The van der Waals surface area contributed by atoms with E-state index in [0.717, 1.165) is 0 Å². The van der Waals surface area contributed by atoms with E-state index in [2.05, 4.69) is 11.9 Å². The molecule has 0 rings (SSSR count). The lowest BCUT2D eigenvalue weighted by molar-refractivity contribution is -0.117. The number of carbonyl (C=O) groups excluding carboxylic acids is 1. The number of hydrogen-bond donors (Lipinski definition) is 3. The van der Waals surface area contributed by atoms with Crippen LogP contribution in [-0.4, -0.2) is 37.7 Å². The number of nitrogens with one attached hydrogen (secondary N) is 1. The maximum atomic E-state index is 10.6. The first-order chi connectivity index (χ1) is 7.24. The summed E-state index contributed by atoms with van der Waals surface area (Å²) >= 11 is 0. The van der Waals surface area contributed by atoms with Crippen LogP contribution >= 0.6 is 0 Å². The van der Waals surface area contributed by atoms with Crippen LogP contribution < -0.4 is 11.1 Å². The molecule has 0 aromatic carbocycles. The van der Waals surface area contributed by atoms with E-state index in [4.69, 9.17) is 10.3 Å². The second-order valence-electron chi connectivity index (χ2n) is 3.11. The Kier molecular flexibility index (Phi) is 10.2. The Hall–Kier alpha value is -0.920. The van der Waals surface area contributed by atoms with Gasteiger partial charge in [-0.05, 0) is 13.3 Å². The fourth-order valence-corrected chi connectivity index (χ4v) is 1.11. The molecule has 6 nitrogen and oxygen atoms in total. The second-order valence-corrected chi connectivity index (χ2v) is 4.68. The zero-order chi connectivity index (χ0) is 13.2. The third-order valence-electron chi connectivity index (χ3n) is 1.28. The van der Waals surface area contributed by atoms with E-state index in [9.17, 15) is 13.2 Å². The highest BCUT2D eigenvalue weighted by Gasteiger charge is 1.98. The Labute approximate surface area is 96.7 Å². The fraction of sp³-hybridized carbons (Fsp3) is 0.667. The minimum atomic E-state index is -3.67. The molecule has 0 aliphatic rings. The molecule has 16 heavy (non-hydrogen) atoms. The summed E-state index contributed by atoms with van der Waals surface area (Å²) in [5.41, 5.74) is 5.65. The van der Waals surface area contributed by atoms with E-state index in [0.29, 0.717) is 25.1 Å². The summed E-state index contributed by atoms with van der Waals surface area (Å²) in [6.07, 6.45) is 0.471. The summed E-state index contributed by atoms with van der Waals surface area (Å²) in [6, 6.07) is 0. The molecule has 0 saturated heterocycles. The van der Waals surface area contributed by atoms with Crippen molar-refractivity contribution in [3.63, 3.8) is 0 Å². The molecule has 0 saturated carbocycles. The van der Waals surface area contributed by atoms with Gasteiger partial charge in [0, 0.05) is 18.7 Å². The SMILES string of the molecule is C=C(C)C(=O)NCCN.CCCS(=O)(=O)O. The van der Waals surface area contributed by atoms with Crippen LogP contribution in [0.1, 0.15) is 20.3 Å². The van der Waals surface area contributed by atoms with Crippen molar-refractivity contribution in [2.24, 2.45) is 5.73 Å². The number of hydrogen-bond acceptors (Lipinski definition) is 4. The molecule has 4 N–H and O–H groups in total. The minimum absolute atomic E-state index is 0.125. The summed E-state index contributed by atoms with van der Waals surface area (Å²) in [6.45, 7) is 7.79. The fourth-order valence-electron chi connectivity index (χ4n) is 0.595. The van der Waals surface area contributed by atoms with Crippen LogP contribution in [0, 0.1) is 0 Å². The molecule has 0 aromatic heterocycles. The molecule has 0 aliphatic carbocycles. The molecule has 0 fully saturated rings. The van der Waals surface area contributed by atoms with E-state index in [-0.39, 0.29) is 11.7 Å². The first-order valence-corrected chi connectivity index (χ1v) is 6.44. The predicted octanol–water partition coefficient (Wildman–Crippen LogP) is -0.0784. The molecule has 0 unspecified atom stereocenters. The summed E-state index contributed by atoms with van der Waals surface area (Å²) < 4.78 is 27.6. The molecular formula is C9H20N2O4S. The zero-order valence-corrected chi connectivity index (χ0v) is 10.5. The molecule has 0 aromatic rings. The molecule has 1 amide bonds. The first kappa shape index (κ1) is 17.5. The van der Waals surface area contributed by atoms with Gasteiger partial charge in [0.25, 0.3) is 10.1 Å². The number of amides is 1. The Morgan fingerprint density at radius 1 is 1.50 bits per heavy atom. The largest absolute Gasteiger partial charge is 0.351 e. The van der Waals surface area contributed by atoms with E-state index < -0.39 is 10.1 Å². The zero-order valence-electron chi connectivity index (χ0n) is 9.69. The van der Waals surface area contributed by atoms with Gasteiger partial charge in [0.2, 0.25) is 5.91 Å². The van der Waals surface area contributed by atoms with Crippen molar-refractivity contribution in [3.05, 3.63) is 12.2 Å². The summed E-state index contributed by atoms with van der Waals surface area (Å²) in [5, 5.41) is 2.57. The normalized spacial score (nSPS) is 10.0. The van der Waals surface area contributed by atoms with Gasteiger partial charge in [-0.3, -0.25) is 9.35 Å². The first-order valence-electron chi connectivity index (χ1n) is 4.83. The van der Waals surface area contributed by atoms with Crippen LogP contribution in [0.5, 0.6) is 0 Å². The van der Waals surface area contributed by atoms with Crippen molar-refractivity contribution in [1.29, 1.82) is 0 Å². The Bertz CT molecular complexity index is 311. The summed E-state index contributed by atoms with van der Waals surface area (Å²) in [7, 11) is -3.67. The van der Waals surface area contributed by atoms with Gasteiger partial charge in [0.1, 0.15) is 0 Å². The van der Waals surface area contributed by atoms with Crippen molar-refractivity contribution >= 4 is 16.0 Å². The molecule has 0 atom stereocenters. The van der Waals surface area contributed by atoms with Crippen LogP contribution in [0.25, 0.3) is 0 Å². The van der Waals surface area contributed by atoms with Gasteiger partial charge >= 0.3 is 0 Å². The van der Waals surface area contributed by atoms with Crippen LogP contribution in [-0.2, 0) is 14.9 Å². The van der Waals surface area contributed by atoms with Crippen molar-refractivity contribution in [2.45, 2.75) is 20.3 Å². The van der Waals surface area contributed by atoms with Crippen LogP contribution in [0.2, 0.25) is 0 Å². The van der Waals surface area contributed by atoms with E-state index in [1.807, 2.05) is 0 Å². The molecule has 0 aliphatic heterocycles. The molecule has 96 valence electrons. The Balaban J connectivity index is 0. The molecule has 0 heterocycles. The van der Waals surface area contributed by atoms with Gasteiger partial charge < -0.3 is 11.1 Å². The third kappa shape index (κ3) is 15.5. The highest BCUT2D eigenvalue weighted by atomic mass is 32.2. The predicted molar refractivity (Wildman–Crippen MR) is 63.6 cm³/mol. The van der Waals surface area contributed by atoms with Gasteiger partial charge in [-0.2, -0.15) is 8.42 Å². The van der Waals surface area contributed by atoms with Crippen molar-refractivity contribution < 1.29 is 17.8 Å². The maximum absolute atomic E-state index is 10.6. The van der Waals surface area contributed by atoms with E-state index in [1.165, 1.54) is 0 Å². The number of nitrogens with two attached hydrogens (primary N) is 1. The quantitative estimate of drug-likeness (QED) is 0.468. The van der Waals surface area contributed by atoms with E-state index in [1.54, 1.807) is 13.8 Å².